The van der Waals surface area contributed by atoms with E-state index in [0.717, 1.165) is 51.4 Å². The molecule has 31 atom stereocenters. The van der Waals surface area contributed by atoms with E-state index >= 15 is 0 Å². The second-order valence-electron chi connectivity index (χ2n) is 27.7. The number of hydrogen-bond acceptors (Lipinski definition) is 30. The first-order chi connectivity index (χ1) is 48.1. The Hall–Kier alpha value is -0.548. The SMILES string of the molecule is CCCCCCCCCCCCC/C=C/C(O)C(CO[C@@H]1OC(CO)[C@@H](O[C@@H]2OC(CO)[C@H](O[C@H]3OC(CO)[C@H](O)C(O[C@@H]4OC(CO)[C@H](O)C(O[C@@H]5OC(CO)[C@H](O)C(O)C5O[C@@H]5OC(C)[C@@H](O)C(O)C5O)C4[NH-])C3O)C(O)C2O)CC1O)NC(=O)CCCCCCCCCCCCC.[Ac]. The molecule has 19 N–H and O–H groups in total. The first-order valence-corrected chi connectivity index (χ1v) is 36.8. The van der Waals surface area contributed by atoms with Crippen molar-refractivity contribution in [2.75, 3.05) is 39.6 Å². The van der Waals surface area contributed by atoms with E-state index in [4.69, 9.17) is 56.8 Å². The molecule has 101 heavy (non-hydrogen) atoms. The molecule has 6 aliphatic rings. The van der Waals surface area contributed by atoms with Gasteiger partial charge >= 0.3 is 0 Å². The zero-order chi connectivity index (χ0) is 73.0. The molecule has 6 rings (SSSR count). The Bertz CT molecular complexity index is 2230. The van der Waals surface area contributed by atoms with E-state index in [1.165, 1.54) is 96.8 Å². The van der Waals surface area contributed by atoms with Crippen LogP contribution in [0, 0.1) is 44.1 Å². The maximum absolute atomic E-state index is 13.4. The Kier molecular flexibility index (Phi) is 43.4. The Labute approximate surface area is 628 Å². The molecule has 0 aromatic carbocycles. The number of amides is 1. The summed E-state index contributed by atoms with van der Waals surface area (Å²) in [5.41, 5.74) is 9.19. The molecule has 19 unspecified atom stereocenters. The number of ether oxygens (including phenoxy) is 12. The van der Waals surface area contributed by atoms with E-state index in [2.05, 4.69) is 19.2 Å². The molecule has 6 fully saturated rings. The van der Waals surface area contributed by atoms with Crippen molar-refractivity contribution in [3.05, 3.63) is 17.9 Å². The Balaban J connectivity index is 0.0000184. The van der Waals surface area contributed by atoms with Crippen LogP contribution >= 0.6 is 0 Å². The summed E-state index contributed by atoms with van der Waals surface area (Å²) < 4.78 is 70.2. The molecule has 0 spiro atoms. The summed E-state index contributed by atoms with van der Waals surface area (Å²) in [6.45, 7) is 0.843. The largest absolute Gasteiger partial charge is 0.668 e. The average Bonchev–Trinajstić information content (AvgIpc) is 0.778. The summed E-state index contributed by atoms with van der Waals surface area (Å²) in [5.74, 6) is -0.281. The molecule has 0 aromatic rings. The predicted molar refractivity (Wildman–Crippen MR) is 351 cm³/mol. The van der Waals surface area contributed by atoms with Crippen molar-refractivity contribution in [2.45, 2.75) is 372 Å². The predicted octanol–water partition coefficient (Wildman–Crippen LogP) is -1.16. The first-order valence-electron chi connectivity index (χ1n) is 36.8. The number of aliphatic hydroxyl groups is 17. The minimum atomic E-state index is -2.18. The zero-order valence-electron chi connectivity index (χ0n) is 59.0. The zero-order valence-corrected chi connectivity index (χ0v) is 63.7. The van der Waals surface area contributed by atoms with Crippen LogP contribution in [0.25, 0.3) is 5.73 Å². The van der Waals surface area contributed by atoms with Crippen LogP contribution in [-0.2, 0) is 61.6 Å². The number of carbonyl (C=O) groups excluding carboxylic acids is 1. The molecule has 589 valence electrons. The number of aliphatic hydroxyl groups excluding tert-OH is 17. The van der Waals surface area contributed by atoms with Crippen LogP contribution in [-0.4, -0.2) is 323 Å². The number of allylic oxidation sites excluding steroid dienone is 1. The van der Waals surface area contributed by atoms with E-state index in [9.17, 15) is 97.3 Å². The van der Waals surface area contributed by atoms with Crippen molar-refractivity contribution in [1.82, 2.24) is 5.32 Å². The number of hydrogen-bond donors (Lipinski definition) is 18. The quantitative estimate of drug-likeness (QED) is 0.0253. The molecule has 1 radical (unpaired) electrons. The summed E-state index contributed by atoms with van der Waals surface area (Å²) in [4.78, 5) is 13.4. The van der Waals surface area contributed by atoms with E-state index in [-0.39, 0.29) is 69.4 Å². The molecule has 0 aromatic heterocycles. The van der Waals surface area contributed by atoms with E-state index < -0.39 is 223 Å². The molecule has 0 aliphatic carbocycles. The van der Waals surface area contributed by atoms with E-state index in [0.29, 0.717) is 6.42 Å². The van der Waals surface area contributed by atoms with E-state index in [1.807, 2.05) is 6.08 Å². The van der Waals surface area contributed by atoms with Gasteiger partial charge in [0, 0.05) is 56.9 Å². The fraction of sp³-hybridized carbons (Fsp3) is 0.956. The van der Waals surface area contributed by atoms with Crippen LogP contribution in [0.2, 0.25) is 0 Å². The van der Waals surface area contributed by atoms with Crippen LogP contribution in [0.1, 0.15) is 181 Å². The molecular weight excluding hydrogens is 1550 g/mol. The number of carbonyl (C=O) groups is 1. The van der Waals surface area contributed by atoms with Gasteiger partial charge in [-0.1, -0.05) is 160 Å². The molecule has 0 bridgehead atoms. The maximum atomic E-state index is 13.4. The molecule has 0 saturated carbocycles. The van der Waals surface area contributed by atoms with Gasteiger partial charge in [0.05, 0.1) is 70.1 Å². The van der Waals surface area contributed by atoms with Gasteiger partial charge in [0.15, 0.2) is 31.5 Å². The monoisotopic (exact) mass is 1670 g/mol. The van der Waals surface area contributed by atoms with Crippen LogP contribution in [0.3, 0.4) is 0 Å². The van der Waals surface area contributed by atoms with Crippen molar-refractivity contribution in [3.63, 3.8) is 0 Å². The Morgan fingerprint density at radius 3 is 1.44 bits per heavy atom. The van der Waals surface area contributed by atoms with Crippen LogP contribution < -0.4 is 5.32 Å². The smallest absolute Gasteiger partial charge is 0.220 e. The molecule has 6 heterocycles. The topological polar surface area (TPSA) is 508 Å². The summed E-state index contributed by atoms with van der Waals surface area (Å²) >= 11 is 0. The van der Waals surface area contributed by atoms with Crippen LogP contribution in [0.5, 0.6) is 0 Å². The van der Waals surface area contributed by atoms with Gasteiger partial charge in [0.25, 0.3) is 0 Å². The molecule has 1 amide bonds. The van der Waals surface area contributed by atoms with Crippen molar-refractivity contribution in [2.24, 2.45) is 0 Å². The second kappa shape index (κ2) is 48.2. The van der Waals surface area contributed by atoms with Gasteiger partial charge in [0.2, 0.25) is 5.91 Å². The van der Waals surface area contributed by atoms with Gasteiger partial charge in [-0.05, 0) is 26.2 Å². The van der Waals surface area contributed by atoms with Gasteiger partial charge in [-0.15, -0.1) is 0 Å². The third kappa shape index (κ3) is 27.2. The third-order valence-corrected chi connectivity index (χ3v) is 19.8. The summed E-state index contributed by atoms with van der Waals surface area (Å²) in [5, 5.41) is 189. The second-order valence-corrected chi connectivity index (χ2v) is 27.7. The molecule has 32 nitrogen and oxygen atoms in total. The van der Waals surface area contributed by atoms with Crippen molar-refractivity contribution in [3.8, 4) is 0 Å². The van der Waals surface area contributed by atoms with Gasteiger partial charge in [-0.25, -0.2) is 0 Å². The van der Waals surface area contributed by atoms with Crippen molar-refractivity contribution < 1.29 is 193 Å². The molecule has 6 saturated heterocycles. The first kappa shape index (κ1) is 91.1. The van der Waals surface area contributed by atoms with Gasteiger partial charge < -0.3 is 155 Å². The van der Waals surface area contributed by atoms with E-state index in [1.54, 1.807) is 6.08 Å². The summed E-state index contributed by atoms with van der Waals surface area (Å²) in [6, 6.07) is -2.94. The third-order valence-electron chi connectivity index (χ3n) is 19.8. The van der Waals surface area contributed by atoms with Gasteiger partial charge in [-0.2, -0.15) is 0 Å². The number of unbranched alkanes of at least 4 members (excludes halogenated alkanes) is 21. The number of rotatable bonds is 45. The standard InChI is InChI=1S/C68H123N2O30.Ac/c1-4-6-8-10-12-14-16-17-19-20-22-24-26-28-39(76)38(70-47(78)29-27-25-23-21-18-15-13-11-9-7-5-2)36-89-63-40(77)30-41(42(31-71)92-63)91-66-57(87)55(85)59(46(35-75)96-66)97-67-58(88)61(52(82)45(34-74)94-67)99-64-48(69)60(51(81)44(33-73)93-64)98-68-62(54(84)50(80)43(32-72)95-68)100-65-56(86)53(83)49(79)37(3)90-65;/h26,28,37-46,48-69,71-77,79-88H,4-25,27,29-36H2,1-3H3,(H,70,78);/q-1;/b28-26+;/t37?,38?,39?,40?,41-,42?,43?,44?,45?,46?,48?,49+,50-,51-,52-,53?,54?,55?,56?,57?,58?,59-,60?,61?,62?,63+,64-,65-,66+,67+,68-;/m0./s1. The van der Waals surface area contributed by atoms with Gasteiger partial charge in [0.1, 0.15) is 122 Å². The number of nitrogens with one attached hydrogen (secondary N) is 2. The maximum Gasteiger partial charge on any atom is 0.220 e. The fourth-order valence-electron chi connectivity index (χ4n) is 13.5. The average molecular weight is 1680 g/mol. The molecule has 33 heteroatoms. The Morgan fingerprint density at radius 1 is 0.446 bits per heavy atom. The summed E-state index contributed by atoms with van der Waals surface area (Å²) in [6.07, 6.45) is -21.6. The van der Waals surface area contributed by atoms with Crippen LogP contribution in [0.4, 0.5) is 0 Å². The Morgan fingerprint density at radius 2 is 0.871 bits per heavy atom. The fourth-order valence-corrected chi connectivity index (χ4v) is 13.5. The molecule has 6 aliphatic heterocycles. The minimum absolute atomic E-state index is 0. The summed E-state index contributed by atoms with van der Waals surface area (Å²) in [7, 11) is 0. The van der Waals surface area contributed by atoms with Gasteiger partial charge in [-0.3, -0.25) is 4.79 Å². The minimum Gasteiger partial charge on any atom is -0.668 e. The van der Waals surface area contributed by atoms with Crippen molar-refractivity contribution >= 4 is 5.91 Å². The van der Waals surface area contributed by atoms with Crippen molar-refractivity contribution in [1.29, 1.82) is 0 Å². The normalized spacial score (nSPS) is 39.2. The molecular formula is C68H123AcN2O30-. The van der Waals surface area contributed by atoms with Crippen LogP contribution in [0.15, 0.2) is 12.2 Å².